The molecule has 1 aliphatic carbocycles. The van der Waals surface area contributed by atoms with Gasteiger partial charge < -0.3 is 10.4 Å². The lowest BCUT2D eigenvalue weighted by Gasteiger charge is -2.27. The SMILES string of the molecule is NNc1ncc(F)c(NCC2(O)CCCCCC2)n1. The maximum Gasteiger partial charge on any atom is 0.239 e. The lowest BCUT2D eigenvalue weighted by atomic mass is 9.94. The first kappa shape index (κ1) is 14.0. The summed E-state index contributed by atoms with van der Waals surface area (Å²) in [4.78, 5) is 7.55. The van der Waals surface area contributed by atoms with Crippen molar-refractivity contribution in [3.05, 3.63) is 12.0 Å². The molecule has 0 saturated heterocycles. The second kappa shape index (κ2) is 6.12. The van der Waals surface area contributed by atoms with Crippen molar-refractivity contribution < 1.29 is 9.50 Å². The summed E-state index contributed by atoms with van der Waals surface area (Å²) in [6, 6.07) is 0. The Morgan fingerprint density at radius 2 is 2.00 bits per heavy atom. The van der Waals surface area contributed by atoms with Gasteiger partial charge in [0, 0.05) is 6.54 Å². The molecule has 0 atom stereocenters. The number of aliphatic hydroxyl groups is 1. The molecule has 0 unspecified atom stereocenters. The van der Waals surface area contributed by atoms with Gasteiger partial charge in [-0.2, -0.15) is 4.98 Å². The zero-order chi connectivity index (χ0) is 13.7. The molecule has 0 aromatic carbocycles. The number of rotatable bonds is 4. The number of nitrogens with one attached hydrogen (secondary N) is 2. The number of nitrogens with two attached hydrogens (primary N) is 1. The van der Waals surface area contributed by atoms with Crippen molar-refractivity contribution in [3.8, 4) is 0 Å². The summed E-state index contributed by atoms with van der Waals surface area (Å²) in [5.74, 6) is 4.81. The molecule has 0 amide bonds. The third-order valence-electron chi connectivity index (χ3n) is 3.49. The molecule has 1 saturated carbocycles. The molecule has 7 heteroatoms. The van der Waals surface area contributed by atoms with Crippen LogP contribution in [0.5, 0.6) is 0 Å². The quantitative estimate of drug-likeness (QED) is 0.375. The van der Waals surface area contributed by atoms with E-state index in [9.17, 15) is 9.50 Å². The topological polar surface area (TPSA) is 96.1 Å². The third kappa shape index (κ3) is 3.74. The van der Waals surface area contributed by atoms with Crippen LogP contribution in [0.25, 0.3) is 0 Å². The van der Waals surface area contributed by atoms with Gasteiger partial charge >= 0.3 is 0 Å². The van der Waals surface area contributed by atoms with Crippen LogP contribution in [-0.4, -0.2) is 27.2 Å². The van der Waals surface area contributed by atoms with Gasteiger partial charge in [0.25, 0.3) is 0 Å². The average molecular weight is 269 g/mol. The summed E-state index contributed by atoms with van der Waals surface area (Å²) >= 11 is 0. The van der Waals surface area contributed by atoms with E-state index in [1.54, 1.807) is 0 Å². The van der Waals surface area contributed by atoms with Gasteiger partial charge in [-0.25, -0.2) is 15.2 Å². The Labute approximate surface area is 111 Å². The molecule has 0 bridgehead atoms. The number of nitrogen functional groups attached to an aromatic ring is 1. The van der Waals surface area contributed by atoms with Crippen molar-refractivity contribution in [2.45, 2.75) is 44.1 Å². The number of halogens is 1. The molecular weight excluding hydrogens is 249 g/mol. The van der Waals surface area contributed by atoms with E-state index in [1.807, 2.05) is 0 Å². The largest absolute Gasteiger partial charge is 0.388 e. The van der Waals surface area contributed by atoms with Crippen molar-refractivity contribution in [1.29, 1.82) is 0 Å². The van der Waals surface area contributed by atoms with Gasteiger partial charge in [0.05, 0.1) is 11.8 Å². The van der Waals surface area contributed by atoms with Crippen LogP contribution in [0.2, 0.25) is 0 Å². The zero-order valence-electron chi connectivity index (χ0n) is 10.8. The fourth-order valence-corrected chi connectivity index (χ4v) is 2.37. The van der Waals surface area contributed by atoms with Gasteiger partial charge in [0.1, 0.15) is 0 Å². The van der Waals surface area contributed by atoms with Gasteiger partial charge in [0.2, 0.25) is 5.95 Å². The molecule has 1 aliphatic rings. The molecule has 6 nitrogen and oxygen atoms in total. The molecule has 0 aliphatic heterocycles. The minimum absolute atomic E-state index is 0.0561. The van der Waals surface area contributed by atoms with Crippen LogP contribution in [0, 0.1) is 5.82 Å². The van der Waals surface area contributed by atoms with E-state index in [4.69, 9.17) is 5.84 Å². The first-order valence-electron chi connectivity index (χ1n) is 6.58. The highest BCUT2D eigenvalue weighted by atomic mass is 19.1. The van der Waals surface area contributed by atoms with Crippen LogP contribution in [0.15, 0.2) is 6.20 Å². The van der Waals surface area contributed by atoms with Gasteiger partial charge in [-0.05, 0) is 12.8 Å². The highest BCUT2D eigenvalue weighted by molar-refractivity contribution is 5.40. The molecule has 19 heavy (non-hydrogen) atoms. The first-order chi connectivity index (χ1) is 9.13. The summed E-state index contributed by atoms with van der Waals surface area (Å²) in [6.45, 7) is 0.283. The van der Waals surface area contributed by atoms with Crippen molar-refractivity contribution in [2.24, 2.45) is 5.84 Å². The summed E-state index contributed by atoms with van der Waals surface area (Å²) in [7, 11) is 0. The Bertz CT molecular complexity index is 421. The Balaban J connectivity index is 2.00. The normalized spacial score (nSPS) is 18.7. The average Bonchev–Trinajstić information content (AvgIpc) is 2.63. The smallest absolute Gasteiger partial charge is 0.239 e. The van der Waals surface area contributed by atoms with E-state index in [-0.39, 0.29) is 18.3 Å². The van der Waals surface area contributed by atoms with Crippen molar-refractivity contribution in [2.75, 3.05) is 17.3 Å². The highest BCUT2D eigenvalue weighted by Crippen LogP contribution is 2.27. The third-order valence-corrected chi connectivity index (χ3v) is 3.49. The minimum Gasteiger partial charge on any atom is -0.388 e. The van der Waals surface area contributed by atoms with Gasteiger partial charge in [-0.1, -0.05) is 25.7 Å². The number of hydrogen-bond acceptors (Lipinski definition) is 6. The first-order valence-corrected chi connectivity index (χ1v) is 6.58. The number of nitrogens with zero attached hydrogens (tertiary/aromatic N) is 2. The summed E-state index contributed by atoms with van der Waals surface area (Å²) in [6.07, 6.45) is 6.79. The Kier molecular flexibility index (Phi) is 4.49. The van der Waals surface area contributed by atoms with Crippen LogP contribution < -0.4 is 16.6 Å². The Hall–Kier alpha value is -1.47. The number of hydrogen-bond donors (Lipinski definition) is 4. The molecule has 106 valence electrons. The summed E-state index contributed by atoms with van der Waals surface area (Å²) in [5.41, 5.74) is 1.47. The lowest BCUT2D eigenvalue weighted by Crippen LogP contribution is -2.36. The fourth-order valence-electron chi connectivity index (χ4n) is 2.37. The van der Waals surface area contributed by atoms with E-state index >= 15 is 0 Å². The van der Waals surface area contributed by atoms with E-state index in [2.05, 4.69) is 20.7 Å². The van der Waals surface area contributed by atoms with Gasteiger partial charge in [-0.15, -0.1) is 0 Å². The zero-order valence-corrected chi connectivity index (χ0v) is 10.8. The molecule has 1 aromatic heterocycles. The van der Waals surface area contributed by atoms with Gasteiger partial charge in [0.15, 0.2) is 11.6 Å². The number of hydrazine groups is 1. The monoisotopic (exact) mass is 269 g/mol. The second-order valence-electron chi connectivity index (χ2n) is 5.03. The lowest BCUT2D eigenvalue weighted by molar-refractivity contribution is 0.0380. The molecule has 5 N–H and O–H groups in total. The van der Waals surface area contributed by atoms with Crippen LogP contribution in [0.3, 0.4) is 0 Å². The van der Waals surface area contributed by atoms with E-state index in [1.165, 1.54) is 0 Å². The molecule has 0 radical (unpaired) electrons. The van der Waals surface area contributed by atoms with E-state index in [0.717, 1.165) is 44.7 Å². The predicted molar refractivity (Wildman–Crippen MR) is 70.9 cm³/mol. The van der Waals surface area contributed by atoms with Crippen LogP contribution in [-0.2, 0) is 0 Å². The van der Waals surface area contributed by atoms with Crippen LogP contribution in [0.4, 0.5) is 16.2 Å². The van der Waals surface area contributed by atoms with Gasteiger partial charge in [-0.3, -0.25) is 5.43 Å². The van der Waals surface area contributed by atoms with Crippen molar-refractivity contribution in [3.63, 3.8) is 0 Å². The molecule has 2 rings (SSSR count). The van der Waals surface area contributed by atoms with E-state index in [0.29, 0.717) is 0 Å². The summed E-state index contributed by atoms with van der Waals surface area (Å²) in [5, 5.41) is 13.3. The molecule has 1 fully saturated rings. The summed E-state index contributed by atoms with van der Waals surface area (Å²) < 4.78 is 13.5. The van der Waals surface area contributed by atoms with Crippen LogP contribution in [0.1, 0.15) is 38.5 Å². The highest BCUT2D eigenvalue weighted by Gasteiger charge is 2.28. The maximum absolute atomic E-state index is 13.5. The fraction of sp³-hybridized carbons (Fsp3) is 0.667. The molecule has 1 heterocycles. The molecule has 0 spiro atoms. The predicted octanol–water partition coefficient (Wildman–Crippen LogP) is 1.40. The van der Waals surface area contributed by atoms with Crippen molar-refractivity contribution in [1.82, 2.24) is 9.97 Å². The van der Waals surface area contributed by atoms with Crippen LogP contribution >= 0.6 is 0 Å². The standard InChI is InChI=1S/C12H20FN5O/c13-9-7-15-11(18-14)17-10(9)16-8-12(19)5-3-1-2-4-6-12/h7,19H,1-6,8,14H2,(H2,15,16,17,18). The number of aromatic nitrogens is 2. The van der Waals surface area contributed by atoms with Crippen molar-refractivity contribution >= 4 is 11.8 Å². The second-order valence-corrected chi connectivity index (χ2v) is 5.03. The Morgan fingerprint density at radius 3 is 2.63 bits per heavy atom. The maximum atomic E-state index is 13.5. The molecule has 1 aromatic rings. The van der Waals surface area contributed by atoms with E-state index < -0.39 is 11.4 Å². The minimum atomic E-state index is -0.788. The molecular formula is C12H20FN5O. The Morgan fingerprint density at radius 1 is 1.32 bits per heavy atom. The number of anilines is 2.